The summed E-state index contributed by atoms with van der Waals surface area (Å²) in [6.07, 6.45) is 0.760. The van der Waals surface area contributed by atoms with Gasteiger partial charge < -0.3 is 10.1 Å². The first kappa shape index (κ1) is 28.1. The normalized spacial score (nSPS) is 12.4. The van der Waals surface area contributed by atoms with Gasteiger partial charge in [0.05, 0.1) is 25.4 Å². The van der Waals surface area contributed by atoms with Crippen molar-refractivity contribution in [1.29, 1.82) is 0 Å². The van der Waals surface area contributed by atoms with Gasteiger partial charge in [-0.05, 0) is 59.9 Å². The predicted molar refractivity (Wildman–Crippen MR) is 144 cm³/mol. The molecule has 0 aromatic heterocycles. The van der Waals surface area contributed by atoms with Crippen molar-refractivity contribution in [2.75, 3.05) is 25.5 Å². The summed E-state index contributed by atoms with van der Waals surface area (Å²) in [5.74, 6) is 0.228. The number of hydrogen-bond acceptors (Lipinski definition) is 4. The molecule has 3 aromatic carbocycles. The fourth-order valence-electron chi connectivity index (χ4n) is 3.90. The smallest absolute Gasteiger partial charge is 0.303 e. The average Bonchev–Trinajstić information content (AvgIpc) is 2.87. The Labute approximate surface area is 219 Å². The Morgan fingerprint density at radius 1 is 0.973 bits per heavy atom. The van der Waals surface area contributed by atoms with E-state index in [1.54, 1.807) is 37.4 Å². The first-order valence-corrected chi connectivity index (χ1v) is 13.4. The number of anilines is 1. The molecule has 0 unspecified atom stereocenters. The molecule has 0 saturated carbocycles. The number of rotatable bonds is 11. The fourth-order valence-corrected chi connectivity index (χ4v) is 5.00. The van der Waals surface area contributed by atoms with Gasteiger partial charge in [0, 0.05) is 19.7 Å². The van der Waals surface area contributed by atoms with Gasteiger partial charge >= 0.3 is 10.2 Å². The lowest BCUT2D eigenvalue weighted by atomic mass is 9.96. The monoisotopic (exact) mass is 527 g/mol. The van der Waals surface area contributed by atoms with E-state index in [1.165, 1.54) is 32.3 Å². The Kier molecular flexibility index (Phi) is 9.29. The second kappa shape index (κ2) is 12.2. The van der Waals surface area contributed by atoms with E-state index in [9.17, 15) is 17.6 Å². The highest BCUT2D eigenvalue weighted by Crippen LogP contribution is 2.26. The zero-order valence-electron chi connectivity index (χ0n) is 21.8. The van der Waals surface area contributed by atoms with Gasteiger partial charge in [0.1, 0.15) is 11.6 Å². The Morgan fingerprint density at radius 2 is 1.59 bits per heavy atom. The number of carbonyl (C=O) groups excluding carboxylic acids is 1. The quantitative estimate of drug-likeness (QED) is 0.373. The van der Waals surface area contributed by atoms with Crippen molar-refractivity contribution >= 4 is 21.8 Å². The van der Waals surface area contributed by atoms with E-state index in [0.29, 0.717) is 17.0 Å². The van der Waals surface area contributed by atoms with Crippen molar-refractivity contribution in [3.63, 3.8) is 0 Å². The molecular formula is C28H34FN3O4S. The molecule has 9 heteroatoms. The molecule has 198 valence electrons. The number of ether oxygens (including phenoxy) is 1. The molecule has 37 heavy (non-hydrogen) atoms. The summed E-state index contributed by atoms with van der Waals surface area (Å²) < 4.78 is 47.7. The van der Waals surface area contributed by atoms with Crippen molar-refractivity contribution in [3.8, 4) is 5.75 Å². The number of nitrogens with zero attached hydrogens (tertiary/aromatic N) is 2. The van der Waals surface area contributed by atoms with E-state index in [2.05, 4.69) is 19.2 Å². The molecule has 0 heterocycles. The zero-order valence-corrected chi connectivity index (χ0v) is 22.6. The number of para-hydroxylation sites is 1. The third-order valence-electron chi connectivity index (χ3n) is 5.93. The molecule has 0 saturated heterocycles. The molecule has 1 atom stereocenters. The highest BCUT2D eigenvalue weighted by molar-refractivity contribution is 7.90. The van der Waals surface area contributed by atoms with Gasteiger partial charge in [-0.1, -0.05) is 50.2 Å². The SMILES string of the molecule is COc1ccc([C@H](CC(C)C)NC(=O)c2ccc(CN(c3ccccc3F)S(=O)(=O)N(C)C)cc2)cc1. The second-order valence-corrected chi connectivity index (χ2v) is 11.4. The summed E-state index contributed by atoms with van der Waals surface area (Å²) in [4.78, 5) is 13.1. The van der Waals surface area contributed by atoms with E-state index in [-0.39, 0.29) is 24.2 Å². The van der Waals surface area contributed by atoms with Crippen molar-refractivity contribution in [2.45, 2.75) is 32.9 Å². The molecular weight excluding hydrogens is 493 g/mol. The van der Waals surface area contributed by atoms with Crippen LogP contribution in [0, 0.1) is 11.7 Å². The minimum Gasteiger partial charge on any atom is -0.497 e. The molecule has 0 radical (unpaired) electrons. The lowest BCUT2D eigenvalue weighted by Crippen LogP contribution is -2.40. The van der Waals surface area contributed by atoms with Crippen LogP contribution in [-0.4, -0.2) is 39.8 Å². The van der Waals surface area contributed by atoms with Crippen LogP contribution in [0.1, 0.15) is 47.8 Å². The molecule has 0 aliphatic carbocycles. The first-order valence-electron chi connectivity index (χ1n) is 12.0. The molecule has 1 amide bonds. The van der Waals surface area contributed by atoms with Crippen molar-refractivity contribution < 1.29 is 22.3 Å². The first-order chi connectivity index (χ1) is 17.5. The Balaban J connectivity index is 1.81. The van der Waals surface area contributed by atoms with E-state index >= 15 is 0 Å². The van der Waals surface area contributed by atoms with Gasteiger partial charge in [-0.2, -0.15) is 12.7 Å². The molecule has 0 spiro atoms. The summed E-state index contributed by atoms with van der Waals surface area (Å²) in [6.45, 7) is 4.10. The minimum atomic E-state index is -3.96. The third-order valence-corrected chi connectivity index (χ3v) is 7.74. The summed E-state index contributed by atoms with van der Waals surface area (Å²) in [7, 11) is 0.436. The summed E-state index contributed by atoms with van der Waals surface area (Å²) in [5, 5.41) is 3.11. The van der Waals surface area contributed by atoms with Gasteiger partial charge in [-0.3, -0.25) is 9.10 Å². The highest BCUT2D eigenvalue weighted by Gasteiger charge is 2.27. The maximum Gasteiger partial charge on any atom is 0.303 e. The zero-order chi connectivity index (χ0) is 27.2. The summed E-state index contributed by atoms with van der Waals surface area (Å²) in [5.41, 5.74) is 1.99. The van der Waals surface area contributed by atoms with Crippen molar-refractivity contribution in [1.82, 2.24) is 9.62 Å². The highest BCUT2D eigenvalue weighted by atomic mass is 32.2. The van der Waals surface area contributed by atoms with Gasteiger partial charge in [-0.15, -0.1) is 0 Å². The number of halogens is 1. The Morgan fingerprint density at radius 3 is 2.14 bits per heavy atom. The standard InChI is InChI=1S/C28H34FN3O4S/c1-20(2)18-26(22-14-16-24(36-5)17-15-22)30-28(33)23-12-10-21(11-13-23)19-32(37(34,35)31(3)4)27-9-7-6-8-25(27)29/h6-17,20,26H,18-19H2,1-5H3,(H,30,33)/t26-/m0/s1. The van der Waals surface area contributed by atoms with Crippen LogP contribution in [0.5, 0.6) is 5.75 Å². The molecule has 0 fully saturated rings. The fraction of sp³-hybridized carbons (Fsp3) is 0.321. The minimum absolute atomic E-state index is 0.0472. The summed E-state index contributed by atoms with van der Waals surface area (Å²) in [6, 6.07) is 19.8. The van der Waals surface area contributed by atoms with Gasteiger partial charge in [0.15, 0.2) is 0 Å². The van der Waals surface area contributed by atoms with Crippen LogP contribution < -0.4 is 14.4 Å². The maximum absolute atomic E-state index is 14.5. The molecule has 0 aliphatic heterocycles. The summed E-state index contributed by atoms with van der Waals surface area (Å²) >= 11 is 0. The number of amides is 1. The van der Waals surface area contributed by atoms with Crippen molar-refractivity contribution in [3.05, 3.63) is 95.3 Å². The largest absolute Gasteiger partial charge is 0.497 e. The number of nitrogens with one attached hydrogen (secondary N) is 1. The Hall–Kier alpha value is -3.43. The lowest BCUT2D eigenvalue weighted by Gasteiger charge is -2.28. The number of benzene rings is 3. The van der Waals surface area contributed by atoms with Crippen LogP contribution in [0.25, 0.3) is 0 Å². The van der Waals surface area contributed by atoms with E-state index in [0.717, 1.165) is 26.3 Å². The average molecular weight is 528 g/mol. The maximum atomic E-state index is 14.5. The van der Waals surface area contributed by atoms with Crippen LogP contribution >= 0.6 is 0 Å². The molecule has 0 aliphatic rings. The number of carbonyl (C=O) groups is 1. The molecule has 3 rings (SSSR count). The molecule has 7 nitrogen and oxygen atoms in total. The van der Waals surface area contributed by atoms with E-state index < -0.39 is 16.0 Å². The van der Waals surface area contributed by atoms with Crippen LogP contribution in [0.3, 0.4) is 0 Å². The van der Waals surface area contributed by atoms with Crippen molar-refractivity contribution in [2.24, 2.45) is 5.92 Å². The van der Waals surface area contributed by atoms with Gasteiger partial charge in [-0.25, -0.2) is 4.39 Å². The van der Waals surface area contributed by atoms with E-state index in [4.69, 9.17) is 4.74 Å². The van der Waals surface area contributed by atoms with Crippen LogP contribution in [0.2, 0.25) is 0 Å². The lowest BCUT2D eigenvalue weighted by molar-refractivity contribution is 0.0932. The topological polar surface area (TPSA) is 79.0 Å². The van der Waals surface area contributed by atoms with E-state index in [1.807, 2.05) is 24.3 Å². The molecule has 0 bridgehead atoms. The van der Waals surface area contributed by atoms with Crippen LogP contribution in [0.4, 0.5) is 10.1 Å². The predicted octanol–water partition coefficient (Wildman–Crippen LogP) is 5.16. The van der Waals surface area contributed by atoms with Crippen LogP contribution in [-0.2, 0) is 16.8 Å². The number of hydrogen-bond donors (Lipinski definition) is 1. The third kappa shape index (κ3) is 7.08. The van der Waals surface area contributed by atoms with Gasteiger partial charge in [0.2, 0.25) is 0 Å². The Bertz CT molecular complexity index is 1290. The molecule has 1 N–H and O–H groups in total. The molecule has 3 aromatic rings. The van der Waals surface area contributed by atoms with Gasteiger partial charge in [0.25, 0.3) is 5.91 Å². The number of methoxy groups -OCH3 is 1. The van der Waals surface area contributed by atoms with Crippen LogP contribution in [0.15, 0.2) is 72.8 Å². The second-order valence-electron chi connectivity index (χ2n) is 9.37.